The van der Waals surface area contributed by atoms with Crippen molar-refractivity contribution in [2.45, 2.75) is 27.2 Å². The lowest BCUT2D eigenvalue weighted by Gasteiger charge is -2.22. The Morgan fingerprint density at radius 1 is 1.42 bits per heavy atom. The molecule has 0 spiro atoms. The van der Waals surface area contributed by atoms with Crippen LogP contribution < -0.4 is 4.90 Å². The van der Waals surface area contributed by atoms with Crippen molar-refractivity contribution in [1.29, 1.82) is 0 Å². The number of anilines is 1. The lowest BCUT2D eigenvalue weighted by molar-refractivity contribution is -0.118. The van der Waals surface area contributed by atoms with E-state index in [2.05, 4.69) is 0 Å². The molecule has 2 rings (SSSR count). The maximum atomic E-state index is 13.3. The molecule has 2 nitrogen and oxygen atoms in total. The van der Waals surface area contributed by atoms with Crippen LogP contribution in [0.1, 0.15) is 27.2 Å². The van der Waals surface area contributed by atoms with E-state index in [-0.39, 0.29) is 10.3 Å². The fourth-order valence-corrected chi connectivity index (χ4v) is 2.30. The van der Waals surface area contributed by atoms with Crippen molar-refractivity contribution in [2.75, 3.05) is 18.0 Å². The summed E-state index contributed by atoms with van der Waals surface area (Å²) in [7, 11) is 0. The Hall–Kier alpha value is -0.800. The molecule has 0 saturated carbocycles. The maximum Gasteiger partial charge on any atom is 0.229 e. The van der Waals surface area contributed by atoms with Crippen molar-refractivity contribution in [2.24, 2.45) is 5.41 Å². The Morgan fingerprint density at radius 3 is 2.53 bits per heavy atom. The van der Waals surface area contributed by atoms with E-state index in [1.165, 1.54) is 12.1 Å². The molecule has 19 heavy (non-hydrogen) atoms. The number of hydrogen-bond donors (Lipinski definition) is 0. The molecule has 1 atom stereocenters. The number of halogens is 3. The van der Waals surface area contributed by atoms with Gasteiger partial charge in [0.15, 0.2) is 0 Å². The molecule has 0 bridgehead atoms. The summed E-state index contributed by atoms with van der Waals surface area (Å²) in [5, 5.41) is -0.237. The van der Waals surface area contributed by atoms with Crippen LogP contribution >= 0.6 is 23.2 Å². The Bertz CT molecular complexity index is 467. The van der Waals surface area contributed by atoms with Crippen LogP contribution in [0, 0.1) is 11.2 Å². The van der Waals surface area contributed by atoms with Gasteiger partial charge in [0.25, 0.3) is 0 Å². The van der Waals surface area contributed by atoms with Gasteiger partial charge in [0.1, 0.15) is 5.82 Å². The second-order valence-corrected chi connectivity index (χ2v) is 5.35. The van der Waals surface area contributed by atoms with Crippen molar-refractivity contribution in [3.63, 3.8) is 0 Å². The Labute approximate surface area is 123 Å². The monoisotopic (exact) mass is 305 g/mol. The summed E-state index contributed by atoms with van der Waals surface area (Å²) in [6.07, 6.45) is 0.680. The highest BCUT2D eigenvalue weighted by atomic mass is 35.5. The quantitative estimate of drug-likeness (QED) is 0.750. The number of benzene rings is 1. The van der Waals surface area contributed by atoms with Crippen LogP contribution in [0.4, 0.5) is 10.1 Å². The molecule has 1 fully saturated rings. The summed E-state index contributed by atoms with van der Waals surface area (Å²) in [6, 6.07) is 4.65. The van der Waals surface area contributed by atoms with Crippen molar-refractivity contribution >= 4 is 34.1 Å². The van der Waals surface area contributed by atoms with Gasteiger partial charge in [0, 0.05) is 18.8 Å². The highest BCUT2D eigenvalue weighted by Crippen LogP contribution is 2.35. The van der Waals surface area contributed by atoms with Crippen LogP contribution in [0.2, 0.25) is 5.02 Å². The highest BCUT2D eigenvalue weighted by Gasteiger charge is 2.39. The predicted molar refractivity (Wildman–Crippen MR) is 78.6 cm³/mol. The zero-order valence-electron chi connectivity index (χ0n) is 11.3. The predicted octanol–water partition coefficient (Wildman–Crippen LogP) is 4.49. The van der Waals surface area contributed by atoms with Crippen LogP contribution in [0.15, 0.2) is 18.2 Å². The molecule has 1 aliphatic heterocycles. The van der Waals surface area contributed by atoms with Gasteiger partial charge < -0.3 is 4.90 Å². The molecule has 0 aliphatic carbocycles. The molecule has 1 aromatic carbocycles. The molecular weight excluding hydrogens is 288 g/mol. The summed E-state index contributed by atoms with van der Waals surface area (Å²) in [5.41, 5.74) is 0.186. The number of hydrogen-bond acceptors (Lipinski definition) is 2. The number of carbonyl (C=O) groups is 1. The van der Waals surface area contributed by atoms with Crippen LogP contribution in [0.25, 0.3) is 0 Å². The Morgan fingerprint density at radius 2 is 2.05 bits per heavy atom. The molecule has 0 aromatic heterocycles. The molecule has 1 aromatic rings. The standard InChI is InChI=1S/C12H12Cl2FNO.C2H6/c1-12(11(14)17)4-5-16(7-12)8-2-3-9(13)10(15)6-8;1-2/h2-3,6H,4-5,7H2,1H3;1-2H3. The van der Waals surface area contributed by atoms with E-state index < -0.39 is 11.2 Å². The first-order chi connectivity index (χ1) is 8.92. The van der Waals surface area contributed by atoms with Crippen LogP contribution in [0.5, 0.6) is 0 Å². The molecular formula is C14H18Cl2FNO. The fraction of sp³-hybridized carbons (Fsp3) is 0.500. The molecule has 5 heteroatoms. The van der Waals surface area contributed by atoms with Gasteiger partial charge in [-0.25, -0.2) is 4.39 Å². The third kappa shape index (κ3) is 3.61. The van der Waals surface area contributed by atoms with Gasteiger partial charge in [-0.15, -0.1) is 0 Å². The summed E-state index contributed by atoms with van der Waals surface area (Å²) < 4.78 is 13.3. The van der Waals surface area contributed by atoms with Crippen molar-refractivity contribution in [1.82, 2.24) is 0 Å². The highest BCUT2D eigenvalue weighted by molar-refractivity contribution is 6.64. The van der Waals surface area contributed by atoms with Crippen molar-refractivity contribution in [3.8, 4) is 0 Å². The van der Waals surface area contributed by atoms with E-state index in [9.17, 15) is 9.18 Å². The minimum Gasteiger partial charge on any atom is -0.370 e. The van der Waals surface area contributed by atoms with Gasteiger partial charge in [-0.1, -0.05) is 25.4 Å². The van der Waals surface area contributed by atoms with Crippen molar-refractivity contribution in [3.05, 3.63) is 29.0 Å². The van der Waals surface area contributed by atoms with Gasteiger partial charge in [-0.05, 0) is 43.1 Å². The van der Waals surface area contributed by atoms with Gasteiger partial charge in [0.2, 0.25) is 5.24 Å². The third-order valence-electron chi connectivity index (χ3n) is 3.22. The van der Waals surface area contributed by atoms with Gasteiger partial charge >= 0.3 is 0 Å². The minimum absolute atomic E-state index is 0.101. The van der Waals surface area contributed by atoms with E-state index >= 15 is 0 Å². The second kappa shape index (κ2) is 6.58. The molecule has 1 saturated heterocycles. The Balaban J connectivity index is 0.000000861. The summed E-state index contributed by atoms with van der Waals surface area (Å²) in [6.45, 7) is 7.03. The fourth-order valence-electron chi connectivity index (χ4n) is 2.02. The van der Waals surface area contributed by atoms with E-state index in [4.69, 9.17) is 23.2 Å². The second-order valence-electron chi connectivity index (χ2n) is 4.60. The van der Waals surface area contributed by atoms with Gasteiger partial charge in [0.05, 0.1) is 10.4 Å². The lowest BCUT2D eigenvalue weighted by Crippen LogP contribution is -2.29. The topological polar surface area (TPSA) is 20.3 Å². The lowest BCUT2D eigenvalue weighted by atomic mass is 9.92. The first-order valence-electron chi connectivity index (χ1n) is 6.32. The smallest absolute Gasteiger partial charge is 0.229 e. The molecule has 0 amide bonds. The summed E-state index contributed by atoms with van der Waals surface area (Å²) >= 11 is 11.2. The molecule has 1 unspecified atom stereocenters. The minimum atomic E-state index is -0.544. The number of rotatable bonds is 2. The molecule has 106 valence electrons. The van der Waals surface area contributed by atoms with E-state index in [0.29, 0.717) is 19.5 Å². The summed E-state index contributed by atoms with van der Waals surface area (Å²) in [4.78, 5) is 13.3. The van der Waals surface area contributed by atoms with Gasteiger partial charge in [-0.3, -0.25) is 4.79 Å². The normalized spacial score (nSPS) is 21.9. The largest absolute Gasteiger partial charge is 0.370 e. The first-order valence-corrected chi connectivity index (χ1v) is 7.08. The SMILES string of the molecule is CC.CC1(C(=O)Cl)CCN(c2ccc(Cl)c(F)c2)C1. The summed E-state index contributed by atoms with van der Waals surface area (Å²) in [5.74, 6) is -0.449. The van der Waals surface area contributed by atoms with Crippen LogP contribution in [-0.4, -0.2) is 18.3 Å². The molecule has 0 radical (unpaired) electrons. The Kier molecular flexibility index (Phi) is 5.63. The zero-order chi connectivity index (χ0) is 14.6. The van der Waals surface area contributed by atoms with E-state index in [0.717, 1.165) is 5.69 Å². The van der Waals surface area contributed by atoms with Crippen LogP contribution in [0.3, 0.4) is 0 Å². The van der Waals surface area contributed by atoms with E-state index in [1.54, 1.807) is 6.07 Å². The van der Waals surface area contributed by atoms with Crippen molar-refractivity contribution < 1.29 is 9.18 Å². The molecule has 0 N–H and O–H groups in total. The molecule has 1 heterocycles. The molecule has 1 aliphatic rings. The third-order valence-corrected chi connectivity index (χ3v) is 3.98. The van der Waals surface area contributed by atoms with E-state index in [1.807, 2.05) is 25.7 Å². The van der Waals surface area contributed by atoms with Crippen LogP contribution in [-0.2, 0) is 4.79 Å². The maximum absolute atomic E-state index is 13.3. The number of carbonyl (C=O) groups excluding carboxylic acids is 1. The zero-order valence-corrected chi connectivity index (χ0v) is 12.9. The number of nitrogens with zero attached hydrogens (tertiary/aromatic N) is 1. The average molecular weight is 306 g/mol. The van der Waals surface area contributed by atoms with Gasteiger partial charge in [-0.2, -0.15) is 0 Å². The first kappa shape index (κ1) is 16.3. The average Bonchev–Trinajstić information content (AvgIpc) is 2.79.